The molecular formula is C28H31FN6O6S. The van der Waals surface area contributed by atoms with Crippen LogP contribution < -0.4 is 4.74 Å². The topological polar surface area (TPSA) is 132 Å². The summed E-state index contributed by atoms with van der Waals surface area (Å²) in [7, 11) is -0.976. The zero-order chi connectivity index (χ0) is 29.4. The molecule has 4 aromatic rings. The number of aryl methyl sites for hydroxylation is 1. The Morgan fingerprint density at radius 2 is 2.02 bits per heavy atom. The summed E-state index contributed by atoms with van der Waals surface area (Å²) >= 11 is 0. The van der Waals surface area contributed by atoms with E-state index in [4.69, 9.17) is 19.4 Å². The molecule has 1 unspecified atom stereocenters. The second-order valence-electron chi connectivity index (χ2n) is 11.3. The van der Waals surface area contributed by atoms with Crippen molar-refractivity contribution in [1.82, 2.24) is 28.3 Å². The van der Waals surface area contributed by atoms with Gasteiger partial charge in [0.1, 0.15) is 16.9 Å². The maximum absolute atomic E-state index is 15.2. The number of rotatable bonds is 7. The van der Waals surface area contributed by atoms with Crippen LogP contribution in [0.2, 0.25) is 0 Å². The van der Waals surface area contributed by atoms with E-state index in [2.05, 4.69) is 0 Å². The van der Waals surface area contributed by atoms with Crippen molar-refractivity contribution >= 4 is 38.3 Å². The third-order valence-electron chi connectivity index (χ3n) is 8.53. The van der Waals surface area contributed by atoms with Gasteiger partial charge in [0.05, 0.1) is 55.4 Å². The first kappa shape index (κ1) is 27.3. The van der Waals surface area contributed by atoms with Crippen molar-refractivity contribution in [2.45, 2.75) is 37.5 Å². The number of pyridine rings is 1. The molecule has 3 aliphatic rings. The van der Waals surface area contributed by atoms with Gasteiger partial charge in [-0.25, -0.2) is 14.4 Å². The van der Waals surface area contributed by atoms with Gasteiger partial charge in [-0.2, -0.15) is 12.7 Å². The van der Waals surface area contributed by atoms with Gasteiger partial charge in [0.25, 0.3) is 5.91 Å². The minimum absolute atomic E-state index is 0.0210. The smallest absolute Gasteiger partial charge is 0.336 e. The quantitative estimate of drug-likeness (QED) is 0.321. The van der Waals surface area contributed by atoms with Crippen molar-refractivity contribution in [1.29, 1.82) is 0 Å². The van der Waals surface area contributed by atoms with Crippen molar-refractivity contribution < 1.29 is 31.6 Å². The number of methoxy groups -OCH3 is 1. The van der Waals surface area contributed by atoms with E-state index in [-0.39, 0.29) is 38.8 Å². The van der Waals surface area contributed by atoms with Crippen LogP contribution in [0.25, 0.3) is 33.6 Å². The molecule has 1 saturated heterocycles. The molecule has 7 rings (SSSR count). The van der Waals surface area contributed by atoms with Gasteiger partial charge in [-0.1, -0.05) is 12.1 Å². The molecule has 14 heteroatoms. The molecule has 0 radical (unpaired) electrons. The van der Waals surface area contributed by atoms with E-state index in [0.29, 0.717) is 59.8 Å². The number of alkyl halides is 1. The molecule has 1 N–H and O–H groups in total. The van der Waals surface area contributed by atoms with E-state index in [1.54, 1.807) is 18.1 Å². The maximum atomic E-state index is 15.2. The van der Waals surface area contributed by atoms with Crippen LogP contribution in [0.3, 0.4) is 0 Å². The lowest BCUT2D eigenvalue weighted by Gasteiger charge is -2.37. The molecule has 5 heterocycles. The van der Waals surface area contributed by atoms with Crippen LogP contribution in [-0.2, 0) is 35.1 Å². The Morgan fingerprint density at radius 1 is 1.21 bits per heavy atom. The van der Waals surface area contributed by atoms with Crippen LogP contribution in [0.1, 0.15) is 28.9 Å². The molecular weight excluding hydrogens is 567 g/mol. The largest absolute Gasteiger partial charge is 0.495 e. The van der Waals surface area contributed by atoms with Gasteiger partial charge in [-0.05, 0) is 31.0 Å². The van der Waals surface area contributed by atoms with Gasteiger partial charge in [0, 0.05) is 38.5 Å². The predicted octanol–water partition coefficient (Wildman–Crippen LogP) is 2.60. The van der Waals surface area contributed by atoms with E-state index >= 15 is 4.39 Å². The summed E-state index contributed by atoms with van der Waals surface area (Å²) in [6, 6.07) is 8.72. The van der Waals surface area contributed by atoms with Crippen LogP contribution in [-0.4, -0.2) is 98.9 Å². The third-order valence-corrected chi connectivity index (χ3v) is 9.60. The summed E-state index contributed by atoms with van der Waals surface area (Å²) in [5.41, 5.74) is 2.42. The summed E-state index contributed by atoms with van der Waals surface area (Å²) in [6.07, 6.45) is 1.48. The molecule has 1 aliphatic carbocycles. The Kier molecular flexibility index (Phi) is 6.31. The second kappa shape index (κ2) is 9.73. The van der Waals surface area contributed by atoms with E-state index in [0.717, 1.165) is 20.9 Å². The first-order valence-electron chi connectivity index (χ1n) is 13.9. The lowest BCUT2D eigenvalue weighted by Crippen LogP contribution is -2.55. The molecule has 1 aromatic carbocycles. The average molecular weight is 599 g/mol. The van der Waals surface area contributed by atoms with E-state index in [1.165, 1.54) is 0 Å². The highest BCUT2D eigenvalue weighted by Gasteiger charge is 2.44. The normalized spacial score (nSPS) is 20.8. The zero-order valence-electron chi connectivity index (χ0n) is 23.3. The lowest BCUT2D eigenvalue weighted by atomic mass is 10.0. The number of morpholine rings is 1. The number of carbonyl (C=O) groups is 1. The molecule has 1 atom stereocenters. The number of carbonyl (C=O) groups excluding carboxylic acids is 1. The standard InChI is InChI=1S/C28H31FN6O6S/c1-32-25-21(31-26(32)22-12-17-4-3-5-23(40-2)24(17)34(22)16-28(29)7-8-28)13-19-20(30-25)6-9-33(27(19)36)14-18-15-41-11-10-35(18)42(37,38)39/h3-5,12-13,18H,6-11,14-16H2,1-2H3,(H,37,38,39). The number of nitrogens with zero attached hydrogens (tertiary/aromatic N) is 6. The van der Waals surface area contributed by atoms with Crippen molar-refractivity contribution in [2.75, 3.05) is 40.0 Å². The van der Waals surface area contributed by atoms with Crippen LogP contribution in [0.15, 0.2) is 30.3 Å². The Balaban J connectivity index is 1.26. The second-order valence-corrected chi connectivity index (χ2v) is 12.7. The molecule has 2 aliphatic heterocycles. The Labute approximate surface area is 241 Å². The molecule has 0 bridgehead atoms. The fraction of sp³-hybridized carbons (Fsp3) is 0.464. The van der Waals surface area contributed by atoms with Crippen LogP contribution in [0, 0.1) is 0 Å². The summed E-state index contributed by atoms with van der Waals surface area (Å²) in [4.78, 5) is 24.8. The highest BCUT2D eigenvalue weighted by Crippen LogP contribution is 2.44. The van der Waals surface area contributed by atoms with Gasteiger partial charge in [-0.3, -0.25) is 9.35 Å². The number of amides is 1. The van der Waals surface area contributed by atoms with Crippen LogP contribution in [0.4, 0.5) is 4.39 Å². The monoisotopic (exact) mass is 598 g/mol. The molecule has 42 heavy (non-hydrogen) atoms. The summed E-state index contributed by atoms with van der Waals surface area (Å²) in [5, 5.41) is 0.907. The van der Waals surface area contributed by atoms with Crippen molar-refractivity contribution in [3.8, 4) is 17.3 Å². The Morgan fingerprint density at radius 3 is 2.76 bits per heavy atom. The number of hydrogen-bond donors (Lipinski definition) is 1. The molecule has 1 amide bonds. The molecule has 0 spiro atoms. The van der Waals surface area contributed by atoms with Gasteiger partial charge >= 0.3 is 10.3 Å². The van der Waals surface area contributed by atoms with E-state index < -0.39 is 22.0 Å². The number of hydrogen-bond acceptors (Lipinski definition) is 7. The van der Waals surface area contributed by atoms with Crippen molar-refractivity contribution in [3.63, 3.8) is 0 Å². The fourth-order valence-electron chi connectivity index (χ4n) is 6.16. The average Bonchev–Trinajstić information content (AvgIpc) is 3.46. The molecule has 222 valence electrons. The third kappa shape index (κ3) is 4.53. The maximum Gasteiger partial charge on any atom is 0.336 e. The highest BCUT2D eigenvalue weighted by atomic mass is 32.2. The number of halogens is 1. The number of benzene rings is 1. The van der Waals surface area contributed by atoms with Crippen LogP contribution in [0.5, 0.6) is 5.75 Å². The first-order valence-corrected chi connectivity index (χ1v) is 15.3. The summed E-state index contributed by atoms with van der Waals surface area (Å²) < 4.78 is 64.4. The SMILES string of the molecule is COc1cccc2cc(-c3nc4cc5c(nc4n3C)CCN(CC3COCCN3S(=O)(=O)O)C5=O)n(CC3(F)CC3)c12. The zero-order valence-corrected chi connectivity index (χ0v) is 24.1. The Bertz CT molecular complexity index is 1850. The van der Waals surface area contributed by atoms with Gasteiger partial charge < -0.3 is 23.5 Å². The lowest BCUT2D eigenvalue weighted by molar-refractivity contribution is 0.0141. The van der Waals surface area contributed by atoms with Gasteiger partial charge in [-0.15, -0.1) is 0 Å². The summed E-state index contributed by atoms with van der Waals surface area (Å²) in [5.74, 6) is 0.956. The van der Waals surface area contributed by atoms with E-state index in [1.807, 2.05) is 40.4 Å². The number of imidazole rings is 1. The number of fused-ring (bicyclic) bond motifs is 3. The Hall–Kier alpha value is -3.59. The van der Waals surface area contributed by atoms with Gasteiger partial charge in [0.15, 0.2) is 11.5 Å². The fourth-order valence-corrected chi connectivity index (χ4v) is 6.97. The van der Waals surface area contributed by atoms with Crippen molar-refractivity contribution in [3.05, 3.63) is 41.6 Å². The molecule has 2 fully saturated rings. The number of ether oxygens (including phenoxy) is 2. The molecule has 3 aromatic heterocycles. The number of para-hydroxylation sites is 1. The van der Waals surface area contributed by atoms with Crippen LogP contribution >= 0.6 is 0 Å². The minimum atomic E-state index is -4.43. The van der Waals surface area contributed by atoms with Crippen molar-refractivity contribution in [2.24, 2.45) is 7.05 Å². The van der Waals surface area contributed by atoms with E-state index in [9.17, 15) is 17.8 Å². The minimum Gasteiger partial charge on any atom is -0.495 e. The molecule has 1 saturated carbocycles. The number of aromatic nitrogens is 4. The van der Waals surface area contributed by atoms with Gasteiger partial charge in [0.2, 0.25) is 0 Å². The summed E-state index contributed by atoms with van der Waals surface area (Å²) in [6.45, 7) is 0.880. The highest BCUT2D eigenvalue weighted by molar-refractivity contribution is 7.83. The molecule has 12 nitrogen and oxygen atoms in total. The first-order chi connectivity index (χ1) is 20.1. The predicted molar refractivity (Wildman–Crippen MR) is 152 cm³/mol.